The first-order chi connectivity index (χ1) is 10.1. The molecule has 6 nitrogen and oxygen atoms in total. The lowest BCUT2D eigenvalue weighted by molar-refractivity contribution is -0.122. The first-order valence-electron chi connectivity index (χ1n) is 7.74. The fourth-order valence-electron chi connectivity index (χ4n) is 2.59. The first-order valence-corrected chi connectivity index (χ1v) is 7.74. The molecule has 3 rings (SSSR count). The van der Waals surface area contributed by atoms with E-state index in [9.17, 15) is 9.59 Å². The standard InChI is InChI=1S/C15H22N4O2/c1-11-6-8-18(9-7-11)13-4-5-15(21)19(17-13)10-14(20)16-12-2-3-12/h4-5,11-12H,2-3,6-10H2,1H3,(H,16,20). The third-order valence-corrected chi connectivity index (χ3v) is 4.20. The van der Waals surface area contributed by atoms with Crippen molar-refractivity contribution < 1.29 is 4.79 Å². The van der Waals surface area contributed by atoms with Crippen LogP contribution < -0.4 is 15.8 Å². The van der Waals surface area contributed by atoms with Gasteiger partial charge in [0, 0.05) is 25.2 Å². The average molecular weight is 290 g/mol. The minimum Gasteiger partial charge on any atom is -0.355 e. The normalized spacial score (nSPS) is 19.6. The van der Waals surface area contributed by atoms with E-state index in [2.05, 4.69) is 22.2 Å². The van der Waals surface area contributed by atoms with Gasteiger partial charge in [0.05, 0.1) is 0 Å². The van der Waals surface area contributed by atoms with Crippen LogP contribution in [0.5, 0.6) is 0 Å². The molecular weight excluding hydrogens is 268 g/mol. The molecule has 1 amide bonds. The summed E-state index contributed by atoms with van der Waals surface area (Å²) in [6.45, 7) is 4.18. The number of hydrogen-bond acceptors (Lipinski definition) is 4. The van der Waals surface area contributed by atoms with Crippen LogP contribution in [0.15, 0.2) is 16.9 Å². The van der Waals surface area contributed by atoms with E-state index in [1.807, 2.05) is 0 Å². The second-order valence-corrected chi connectivity index (χ2v) is 6.20. The molecule has 1 aliphatic carbocycles. The average Bonchev–Trinajstić information content (AvgIpc) is 3.26. The van der Waals surface area contributed by atoms with Crippen molar-refractivity contribution in [3.8, 4) is 0 Å². The van der Waals surface area contributed by atoms with Gasteiger partial charge in [0.1, 0.15) is 12.4 Å². The Hall–Kier alpha value is -1.85. The van der Waals surface area contributed by atoms with Crippen LogP contribution in [-0.2, 0) is 11.3 Å². The summed E-state index contributed by atoms with van der Waals surface area (Å²) in [5.41, 5.74) is -0.227. The fraction of sp³-hybridized carbons (Fsp3) is 0.667. The molecule has 1 aromatic heterocycles. The Morgan fingerprint density at radius 2 is 2.00 bits per heavy atom. The van der Waals surface area contributed by atoms with E-state index >= 15 is 0 Å². The van der Waals surface area contributed by atoms with Gasteiger partial charge in [0.25, 0.3) is 5.56 Å². The molecular formula is C15H22N4O2. The van der Waals surface area contributed by atoms with Crippen molar-refractivity contribution in [3.63, 3.8) is 0 Å². The highest BCUT2D eigenvalue weighted by atomic mass is 16.2. The maximum absolute atomic E-state index is 11.8. The van der Waals surface area contributed by atoms with Gasteiger partial charge in [-0.1, -0.05) is 6.92 Å². The van der Waals surface area contributed by atoms with Gasteiger partial charge in [0.15, 0.2) is 0 Å². The van der Waals surface area contributed by atoms with Gasteiger partial charge >= 0.3 is 0 Å². The van der Waals surface area contributed by atoms with Gasteiger partial charge in [-0.05, 0) is 37.7 Å². The molecule has 0 aromatic carbocycles. The number of nitrogens with one attached hydrogen (secondary N) is 1. The quantitative estimate of drug-likeness (QED) is 0.889. The number of hydrogen-bond donors (Lipinski definition) is 1. The number of rotatable bonds is 4. The molecule has 0 atom stereocenters. The van der Waals surface area contributed by atoms with E-state index < -0.39 is 0 Å². The lowest BCUT2D eigenvalue weighted by Gasteiger charge is -2.31. The van der Waals surface area contributed by atoms with Crippen molar-refractivity contribution in [1.29, 1.82) is 0 Å². The number of anilines is 1. The van der Waals surface area contributed by atoms with Gasteiger partial charge in [0.2, 0.25) is 5.91 Å². The number of carbonyl (C=O) groups excluding carboxylic acids is 1. The summed E-state index contributed by atoms with van der Waals surface area (Å²) in [6.07, 6.45) is 4.37. The van der Waals surface area contributed by atoms with Crippen molar-refractivity contribution in [2.45, 2.75) is 45.2 Å². The van der Waals surface area contributed by atoms with E-state index in [1.165, 1.54) is 10.7 Å². The molecule has 0 spiro atoms. The zero-order chi connectivity index (χ0) is 14.8. The Bertz CT molecular complexity index is 571. The molecule has 0 bridgehead atoms. The number of nitrogens with zero attached hydrogens (tertiary/aromatic N) is 3. The molecule has 1 N–H and O–H groups in total. The summed E-state index contributed by atoms with van der Waals surface area (Å²) >= 11 is 0. The second-order valence-electron chi connectivity index (χ2n) is 6.20. The third kappa shape index (κ3) is 3.62. The summed E-state index contributed by atoms with van der Waals surface area (Å²) < 4.78 is 1.27. The summed E-state index contributed by atoms with van der Waals surface area (Å²) in [5.74, 6) is 1.41. The van der Waals surface area contributed by atoms with Gasteiger partial charge in [-0.3, -0.25) is 9.59 Å². The third-order valence-electron chi connectivity index (χ3n) is 4.20. The van der Waals surface area contributed by atoms with Crippen LogP contribution in [0.1, 0.15) is 32.6 Å². The van der Waals surface area contributed by atoms with Gasteiger partial charge in [-0.15, -0.1) is 0 Å². The topological polar surface area (TPSA) is 67.2 Å². The minimum absolute atomic E-state index is 0.00736. The largest absolute Gasteiger partial charge is 0.355 e. The Labute approximate surface area is 124 Å². The molecule has 1 saturated carbocycles. The number of aromatic nitrogens is 2. The molecule has 2 heterocycles. The molecule has 114 valence electrons. The SMILES string of the molecule is CC1CCN(c2ccc(=O)n(CC(=O)NC3CC3)n2)CC1. The van der Waals surface area contributed by atoms with Crippen molar-refractivity contribution in [1.82, 2.24) is 15.1 Å². The Kier molecular flexibility index (Phi) is 3.94. The molecule has 6 heteroatoms. The lowest BCUT2D eigenvalue weighted by Crippen LogP contribution is -2.37. The van der Waals surface area contributed by atoms with Gasteiger partial charge in [-0.2, -0.15) is 5.10 Å². The van der Waals surface area contributed by atoms with Gasteiger partial charge < -0.3 is 10.2 Å². The fourth-order valence-corrected chi connectivity index (χ4v) is 2.59. The Morgan fingerprint density at radius 1 is 1.29 bits per heavy atom. The van der Waals surface area contributed by atoms with E-state index in [4.69, 9.17) is 0 Å². The van der Waals surface area contributed by atoms with Crippen molar-refractivity contribution >= 4 is 11.7 Å². The minimum atomic E-state index is -0.227. The zero-order valence-electron chi connectivity index (χ0n) is 12.4. The van der Waals surface area contributed by atoms with Crippen LogP contribution in [-0.4, -0.2) is 34.8 Å². The van der Waals surface area contributed by atoms with Crippen LogP contribution in [0.25, 0.3) is 0 Å². The number of amides is 1. The van der Waals surface area contributed by atoms with Crippen LogP contribution in [0, 0.1) is 5.92 Å². The summed E-state index contributed by atoms with van der Waals surface area (Å²) in [6, 6.07) is 3.57. The maximum Gasteiger partial charge on any atom is 0.267 e. The molecule has 1 saturated heterocycles. The van der Waals surface area contributed by atoms with E-state index in [-0.39, 0.29) is 18.0 Å². The van der Waals surface area contributed by atoms with E-state index in [0.29, 0.717) is 6.04 Å². The van der Waals surface area contributed by atoms with Crippen LogP contribution >= 0.6 is 0 Å². The zero-order valence-corrected chi connectivity index (χ0v) is 12.4. The highest BCUT2D eigenvalue weighted by molar-refractivity contribution is 5.76. The Morgan fingerprint density at radius 3 is 2.67 bits per heavy atom. The highest BCUT2D eigenvalue weighted by Gasteiger charge is 2.23. The number of carbonyl (C=O) groups is 1. The molecule has 0 radical (unpaired) electrons. The summed E-state index contributed by atoms with van der Waals surface area (Å²) in [4.78, 5) is 25.9. The van der Waals surface area contributed by atoms with Crippen LogP contribution in [0.3, 0.4) is 0 Å². The van der Waals surface area contributed by atoms with Crippen molar-refractivity contribution in [2.24, 2.45) is 5.92 Å². The second kappa shape index (κ2) is 5.87. The van der Waals surface area contributed by atoms with Crippen molar-refractivity contribution in [3.05, 3.63) is 22.5 Å². The van der Waals surface area contributed by atoms with Crippen LogP contribution in [0.2, 0.25) is 0 Å². The van der Waals surface area contributed by atoms with Gasteiger partial charge in [-0.25, -0.2) is 4.68 Å². The van der Waals surface area contributed by atoms with Crippen LogP contribution in [0.4, 0.5) is 5.82 Å². The monoisotopic (exact) mass is 290 g/mol. The van der Waals surface area contributed by atoms with E-state index in [0.717, 1.165) is 50.5 Å². The predicted octanol–water partition coefficient (Wildman–Crippen LogP) is 0.758. The molecule has 1 aromatic rings. The summed E-state index contributed by atoms with van der Waals surface area (Å²) in [7, 11) is 0. The summed E-state index contributed by atoms with van der Waals surface area (Å²) in [5, 5.41) is 7.24. The molecule has 21 heavy (non-hydrogen) atoms. The number of piperidine rings is 1. The van der Waals surface area contributed by atoms with E-state index in [1.54, 1.807) is 6.07 Å². The smallest absolute Gasteiger partial charge is 0.267 e. The highest BCUT2D eigenvalue weighted by Crippen LogP contribution is 2.20. The first kappa shape index (κ1) is 14.1. The Balaban J connectivity index is 1.69. The molecule has 0 unspecified atom stereocenters. The molecule has 2 fully saturated rings. The predicted molar refractivity (Wildman–Crippen MR) is 80.3 cm³/mol. The lowest BCUT2D eigenvalue weighted by atomic mass is 9.99. The molecule has 1 aliphatic heterocycles. The molecule has 2 aliphatic rings. The van der Waals surface area contributed by atoms with Crippen molar-refractivity contribution in [2.75, 3.05) is 18.0 Å². The maximum atomic E-state index is 11.8.